The minimum absolute atomic E-state index is 0.0945. The van der Waals surface area contributed by atoms with Crippen molar-refractivity contribution in [1.29, 1.82) is 0 Å². The molecule has 0 amide bonds. The van der Waals surface area contributed by atoms with Crippen LogP contribution in [0.1, 0.15) is 11.1 Å². The zero-order valence-corrected chi connectivity index (χ0v) is 21.2. The van der Waals surface area contributed by atoms with Gasteiger partial charge in [-0.3, -0.25) is 4.57 Å². The van der Waals surface area contributed by atoms with E-state index >= 15 is 0 Å². The van der Waals surface area contributed by atoms with Gasteiger partial charge in [0.1, 0.15) is 23.1 Å². The third-order valence-corrected chi connectivity index (χ3v) is 7.22. The van der Waals surface area contributed by atoms with Gasteiger partial charge in [-0.25, -0.2) is 4.39 Å². The van der Waals surface area contributed by atoms with Crippen molar-refractivity contribution >= 4 is 39.5 Å². The van der Waals surface area contributed by atoms with E-state index in [-0.39, 0.29) is 17.9 Å². The van der Waals surface area contributed by atoms with Crippen molar-refractivity contribution in [3.63, 3.8) is 0 Å². The van der Waals surface area contributed by atoms with Crippen LogP contribution in [-0.4, -0.2) is 25.7 Å². The van der Waals surface area contributed by atoms with Gasteiger partial charge in [-0.1, -0.05) is 12.1 Å². The molecule has 6 nitrogen and oxygen atoms in total. The number of phenolic OH excluding ortho intramolecular Hbond substituents is 1. The molecule has 3 rings (SSSR count). The number of ether oxygens (including phenoxy) is 2. The van der Waals surface area contributed by atoms with Gasteiger partial charge in [0.25, 0.3) is 0 Å². The summed E-state index contributed by atoms with van der Waals surface area (Å²) in [6, 6.07) is 14.2. The van der Waals surface area contributed by atoms with Gasteiger partial charge in [0, 0.05) is 26.2 Å². The van der Waals surface area contributed by atoms with Crippen LogP contribution in [0.5, 0.6) is 23.0 Å². The van der Waals surface area contributed by atoms with Gasteiger partial charge < -0.3 is 23.6 Å². The van der Waals surface area contributed by atoms with Crippen LogP contribution >= 0.6 is 39.5 Å². The maximum atomic E-state index is 13.2. The van der Waals surface area contributed by atoms with Crippen LogP contribution in [0.3, 0.4) is 0 Å². The monoisotopic (exact) mass is 588 g/mol. The van der Waals surface area contributed by atoms with E-state index in [1.807, 2.05) is 0 Å². The van der Waals surface area contributed by atoms with Gasteiger partial charge in [-0.2, -0.15) is 0 Å². The summed E-state index contributed by atoms with van der Waals surface area (Å²) >= 11 is 6.93. The van der Waals surface area contributed by atoms with Crippen molar-refractivity contribution in [3.05, 3.63) is 80.5 Å². The first-order chi connectivity index (χ1) is 15.2. The Balaban J connectivity index is 1.84. The molecule has 0 saturated carbocycles. The Morgan fingerprint density at radius 1 is 0.969 bits per heavy atom. The SMILES string of the molecule is COP(=O)(COc1cc(Br)c(Oc2ccc(O)cc2Cc2ccc(F)cc2)c(Br)c1)OC. The molecule has 0 aliphatic rings. The van der Waals surface area contributed by atoms with Crippen LogP contribution in [0.25, 0.3) is 0 Å². The number of rotatable bonds is 9. The first-order valence-corrected chi connectivity index (χ1v) is 12.6. The molecule has 1 N–H and O–H groups in total. The average Bonchev–Trinajstić information content (AvgIpc) is 2.77. The molecule has 0 aliphatic heterocycles. The van der Waals surface area contributed by atoms with Gasteiger partial charge in [0.05, 0.1) is 8.95 Å². The van der Waals surface area contributed by atoms with Gasteiger partial charge >= 0.3 is 7.60 Å². The summed E-state index contributed by atoms with van der Waals surface area (Å²) in [5.41, 5.74) is 1.58. The molecule has 0 unspecified atom stereocenters. The molecule has 0 atom stereocenters. The largest absolute Gasteiger partial charge is 0.508 e. The van der Waals surface area contributed by atoms with Crippen molar-refractivity contribution in [1.82, 2.24) is 0 Å². The lowest BCUT2D eigenvalue weighted by Gasteiger charge is -2.17. The number of halogens is 3. The lowest BCUT2D eigenvalue weighted by Crippen LogP contribution is -2.02. The third kappa shape index (κ3) is 6.33. The molecule has 3 aromatic rings. The smallest absolute Gasteiger partial charge is 0.367 e. The summed E-state index contributed by atoms with van der Waals surface area (Å²) in [7, 11) is -0.744. The molecular formula is C22H20Br2FO6P. The highest BCUT2D eigenvalue weighted by molar-refractivity contribution is 9.11. The Morgan fingerprint density at radius 2 is 1.59 bits per heavy atom. The average molecular weight is 590 g/mol. The summed E-state index contributed by atoms with van der Waals surface area (Å²) < 4.78 is 48.0. The summed E-state index contributed by atoms with van der Waals surface area (Å²) in [5.74, 6) is 1.19. The predicted octanol–water partition coefficient (Wildman–Crippen LogP) is 7.26. The molecule has 0 aromatic heterocycles. The second-order valence-electron chi connectivity index (χ2n) is 6.66. The van der Waals surface area contributed by atoms with E-state index in [1.165, 1.54) is 32.4 Å². The maximum Gasteiger partial charge on any atom is 0.367 e. The van der Waals surface area contributed by atoms with Crippen LogP contribution < -0.4 is 9.47 Å². The third-order valence-electron chi connectivity index (χ3n) is 4.48. The highest BCUT2D eigenvalue weighted by Crippen LogP contribution is 2.47. The molecule has 170 valence electrons. The van der Waals surface area contributed by atoms with E-state index in [1.54, 1.807) is 36.4 Å². The van der Waals surface area contributed by atoms with Crippen LogP contribution in [0.15, 0.2) is 63.5 Å². The fourth-order valence-corrected chi connectivity index (χ4v) is 4.76. The molecule has 3 aromatic carbocycles. The molecule has 0 heterocycles. The van der Waals surface area contributed by atoms with E-state index in [2.05, 4.69) is 31.9 Å². The molecule has 0 aliphatic carbocycles. The second kappa shape index (κ2) is 10.8. The van der Waals surface area contributed by atoms with E-state index in [0.29, 0.717) is 32.6 Å². The summed E-state index contributed by atoms with van der Waals surface area (Å²) in [4.78, 5) is 0. The van der Waals surface area contributed by atoms with Crippen molar-refractivity contribution in [3.8, 4) is 23.0 Å². The standard InChI is InChI=1S/C22H20Br2FO6P/c1-28-32(27,29-2)13-30-18-11-19(23)22(20(24)12-18)31-21-8-7-17(26)10-15(21)9-14-3-5-16(25)6-4-14/h3-8,10-12,26H,9,13H2,1-2H3. The summed E-state index contributed by atoms with van der Waals surface area (Å²) in [5, 5.41) is 9.94. The number of hydrogen-bond acceptors (Lipinski definition) is 6. The minimum atomic E-state index is -3.32. The summed E-state index contributed by atoms with van der Waals surface area (Å²) in [6.07, 6.45) is 0.183. The summed E-state index contributed by atoms with van der Waals surface area (Å²) in [6.45, 7) is 0. The Bertz CT molecular complexity index is 1110. The molecule has 0 spiro atoms. The fraction of sp³-hybridized carbons (Fsp3) is 0.182. The topological polar surface area (TPSA) is 74.2 Å². The lowest BCUT2D eigenvalue weighted by atomic mass is 10.0. The first-order valence-electron chi connectivity index (χ1n) is 9.29. The lowest BCUT2D eigenvalue weighted by molar-refractivity contribution is 0.240. The van der Waals surface area contributed by atoms with Crippen LogP contribution in [0, 0.1) is 5.82 Å². The Morgan fingerprint density at radius 3 is 2.19 bits per heavy atom. The van der Waals surface area contributed by atoms with E-state index in [0.717, 1.165) is 11.1 Å². The number of hydrogen-bond donors (Lipinski definition) is 1. The normalized spacial score (nSPS) is 11.4. The highest BCUT2D eigenvalue weighted by atomic mass is 79.9. The van der Waals surface area contributed by atoms with Gasteiger partial charge in [0.15, 0.2) is 12.1 Å². The first kappa shape index (κ1) is 24.7. The zero-order chi connectivity index (χ0) is 23.3. The number of benzene rings is 3. The van der Waals surface area contributed by atoms with Crippen molar-refractivity contribution in [2.24, 2.45) is 0 Å². The van der Waals surface area contributed by atoms with Crippen molar-refractivity contribution in [2.45, 2.75) is 6.42 Å². The fourth-order valence-electron chi connectivity index (χ4n) is 2.79. The number of phenols is 1. The molecular weight excluding hydrogens is 570 g/mol. The Hall–Kier alpha value is -1.90. The van der Waals surface area contributed by atoms with Crippen LogP contribution in [0.4, 0.5) is 4.39 Å². The Labute approximate surface area is 202 Å². The molecule has 0 fully saturated rings. The molecule has 0 saturated heterocycles. The molecule has 32 heavy (non-hydrogen) atoms. The Kier molecular flexibility index (Phi) is 8.36. The van der Waals surface area contributed by atoms with Gasteiger partial charge in [0.2, 0.25) is 0 Å². The van der Waals surface area contributed by atoms with Crippen molar-refractivity contribution < 1.29 is 32.6 Å². The van der Waals surface area contributed by atoms with E-state index < -0.39 is 7.60 Å². The highest BCUT2D eigenvalue weighted by Gasteiger charge is 2.23. The number of aromatic hydroxyl groups is 1. The van der Waals surface area contributed by atoms with Gasteiger partial charge in [-0.15, -0.1) is 0 Å². The quantitative estimate of drug-likeness (QED) is 0.265. The second-order valence-corrected chi connectivity index (χ2v) is 10.6. The zero-order valence-electron chi connectivity index (χ0n) is 17.2. The van der Waals surface area contributed by atoms with E-state index in [4.69, 9.17) is 18.5 Å². The van der Waals surface area contributed by atoms with E-state index in [9.17, 15) is 14.1 Å². The van der Waals surface area contributed by atoms with Crippen LogP contribution in [-0.2, 0) is 20.0 Å². The minimum Gasteiger partial charge on any atom is -0.508 e. The van der Waals surface area contributed by atoms with Crippen LogP contribution in [0.2, 0.25) is 0 Å². The molecule has 0 bridgehead atoms. The molecule has 0 radical (unpaired) electrons. The van der Waals surface area contributed by atoms with Crippen molar-refractivity contribution in [2.75, 3.05) is 20.6 Å². The van der Waals surface area contributed by atoms with Gasteiger partial charge in [-0.05, 0) is 79.9 Å². The predicted molar refractivity (Wildman–Crippen MR) is 126 cm³/mol. The molecule has 10 heteroatoms. The maximum absolute atomic E-state index is 13.2.